The van der Waals surface area contributed by atoms with Crippen LogP contribution in [-0.2, 0) is 0 Å². The number of halogens is 1. The summed E-state index contributed by atoms with van der Waals surface area (Å²) in [6, 6.07) is 11.1. The van der Waals surface area contributed by atoms with Crippen LogP contribution in [0.2, 0.25) is 5.15 Å². The third-order valence-electron chi connectivity index (χ3n) is 1.72. The van der Waals surface area contributed by atoms with E-state index in [-0.39, 0.29) is 10.8 Å². The largest absolute Gasteiger partial charge is 0.202 e. The van der Waals surface area contributed by atoms with Crippen LogP contribution in [0.3, 0.4) is 0 Å². The lowest BCUT2D eigenvalue weighted by Gasteiger charge is -1.99. The highest BCUT2D eigenvalue weighted by Gasteiger charge is 2.10. The Kier molecular flexibility index (Phi) is 2.17. The van der Waals surface area contributed by atoms with Gasteiger partial charge in [0.2, 0.25) is 5.69 Å². The molecule has 14 heavy (non-hydrogen) atoms. The van der Waals surface area contributed by atoms with Gasteiger partial charge >= 0.3 is 0 Å². The summed E-state index contributed by atoms with van der Waals surface area (Å²) in [5.41, 5.74) is 0.919. The van der Waals surface area contributed by atoms with E-state index in [0.717, 1.165) is 5.69 Å². The molecule has 1 aromatic heterocycles. The van der Waals surface area contributed by atoms with Gasteiger partial charge in [-0.1, -0.05) is 35.0 Å². The molecule has 0 fully saturated rings. The van der Waals surface area contributed by atoms with Gasteiger partial charge in [0, 0.05) is 0 Å². The maximum Gasteiger partial charge on any atom is 0.202 e. The number of nitriles is 1. The molecule has 0 N–H and O–H groups in total. The molecule has 2 aromatic rings. The van der Waals surface area contributed by atoms with Crippen LogP contribution in [0.1, 0.15) is 5.69 Å². The molecule has 0 saturated carbocycles. The second kappa shape index (κ2) is 3.48. The van der Waals surface area contributed by atoms with Crippen LogP contribution < -0.4 is 0 Å². The highest BCUT2D eigenvalue weighted by molar-refractivity contribution is 6.30. The number of hydrogen-bond donors (Lipinski definition) is 0. The molecule has 0 aliphatic rings. The predicted octanol–water partition coefficient (Wildman–Crippen LogP) is 1.79. The minimum Gasteiger partial charge on any atom is -0.201 e. The van der Waals surface area contributed by atoms with E-state index in [4.69, 9.17) is 16.9 Å². The van der Waals surface area contributed by atoms with Gasteiger partial charge < -0.3 is 0 Å². The molecule has 0 unspecified atom stereocenters. The predicted molar refractivity (Wildman–Crippen MR) is 51.1 cm³/mol. The second-order valence-corrected chi connectivity index (χ2v) is 2.95. The summed E-state index contributed by atoms with van der Waals surface area (Å²) >= 11 is 5.87. The van der Waals surface area contributed by atoms with Crippen molar-refractivity contribution in [3.8, 4) is 11.8 Å². The minimum atomic E-state index is 0.135. The van der Waals surface area contributed by atoms with Gasteiger partial charge in [0.05, 0.1) is 5.69 Å². The number of aromatic nitrogens is 3. The maximum atomic E-state index is 8.63. The molecular formula is C9H5ClN4. The fourth-order valence-electron chi connectivity index (χ4n) is 1.07. The molecule has 2 rings (SSSR count). The Labute approximate surface area is 85.3 Å². The molecule has 1 heterocycles. The summed E-state index contributed by atoms with van der Waals surface area (Å²) in [6.07, 6.45) is 0. The lowest BCUT2D eigenvalue weighted by Crippen LogP contribution is -1.95. The molecule has 0 spiro atoms. The highest BCUT2D eigenvalue weighted by Crippen LogP contribution is 2.16. The van der Waals surface area contributed by atoms with Crippen LogP contribution >= 0.6 is 11.6 Å². The molecular weight excluding hydrogens is 200 g/mol. The third kappa shape index (κ3) is 1.34. The fraction of sp³-hybridized carbons (Fsp3) is 0. The zero-order valence-corrected chi connectivity index (χ0v) is 7.81. The van der Waals surface area contributed by atoms with Gasteiger partial charge in [-0.25, -0.2) is 4.68 Å². The number of para-hydroxylation sites is 1. The van der Waals surface area contributed by atoms with Gasteiger partial charge in [0.25, 0.3) is 0 Å². The van der Waals surface area contributed by atoms with Crippen molar-refractivity contribution in [3.63, 3.8) is 0 Å². The smallest absolute Gasteiger partial charge is 0.201 e. The third-order valence-corrected chi connectivity index (χ3v) is 2.06. The number of hydrogen-bond acceptors (Lipinski definition) is 3. The Morgan fingerprint density at radius 2 is 2.00 bits per heavy atom. The standard InChI is InChI=1S/C9H5ClN4/c10-9-8(6-11)12-13-14(9)7-4-2-1-3-5-7/h1-5H. The normalized spacial score (nSPS) is 9.71. The van der Waals surface area contributed by atoms with E-state index in [1.165, 1.54) is 4.68 Å². The first kappa shape index (κ1) is 8.73. The molecule has 68 valence electrons. The van der Waals surface area contributed by atoms with E-state index in [0.29, 0.717) is 0 Å². The van der Waals surface area contributed by atoms with E-state index in [1.54, 1.807) is 0 Å². The number of benzene rings is 1. The van der Waals surface area contributed by atoms with Crippen LogP contribution in [-0.4, -0.2) is 15.0 Å². The molecule has 1 aromatic carbocycles. The van der Waals surface area contributed by atoms with Crippen LogP contribution in [0.25, 0.3) is 5.69 Å². The van der Waals surface area contributed by atoms with Crippen LogP contribution in [0.5, 0.6) is 0 Å². The molecule has 0 aliphatic heterocycles. The van der Waals surface area contributed by atoms with Crippen molar-refractivity contribution in [2.75, 3.05) is 0 Å². The van der Waals surface area contributed by atoms with Gasteiger partial charge in [-0.2, -0.15) is 5.26 Å². The fourth-order valence-corrected chi connectivity index (χ4v) is 1.28. The van der Waals surface area contributed by atoms with Crippen molar-refractivity contribution in [3.05, 3.63) is 41.2 Å². The van der Waals surface area contributed by atoms with Crippen molar-refractivity contribution in [1.82, 2.24) is 15.0 Å². The van der Waals surface area contributed by atoms with Crippen molar-refractivity contribution in [2.45, 2.75) is 0 Å². The first-order valence-corrected chi connectivity index (χ1v) is 4.27. The monoisotopic (exact) mass is 204 g/mol. The molecule has 0 radical (unpaired) electrons. The maximum absolute atomic E-state index is 8.63. The average molecular weight is 205 g/mol. The Morgan fingerprint density at radius 3 is 2.57 bits per heavy atom. The van der Waals surface area contributed by atoms with Gasteiger partial charge in [-0.05, 0) is 12.1 Å². The zero-order valence-electron chi connectivity index (χ0n) is 7.05. The van der Waals surface area contributed by atoms with Gasteiger partial charge in [0.15, 0.2) is 5.15 Å². The molecule has 0 bridgehead atoms. The second-order valence-electron chi connectivity index (χ2n) is 2.59. The summed E-state index contributed by atoms with van der Waals surface area (Å²) in [5.74, 6) is 0. The number of rotatable bonds is 1. The first-order valence-electron chi connectivity index (χ1n) is 3.89. The lowest BCUT2D eigenvalue weighted by atomic mass is 10.3. The van der Waals surface area contributed by atoms with E-state index in [1.807, 2.05) is 36.4 Å². The Bertz CT molecular complexity index is 483. The summed E-state index contributed by atoms with van der Waals surface area (Å²) in [4.78, 5) is 0. The van der Waals surface area contributed by atoms with Crippen molar-refractivity contribution in [2.24, 2.45) is 0 Å². The average Bonchev–Trinajstić information content (AvgIpc) is 2.61. The van der Waals surface area contributed by atoms with Crippen LogP contribution in [0.15, 0.2) is 30.3 Å². The molecule has 0 saturated heterocycles. The van der Waals surface area contributed by atoms with E-state index >= 15 is 0 Å². The quantitative estimate of drug-likeness (QED) is 0.712. The van der Waals surface area contributed by atoms with E-state index < -0.39 is 0 Å². The summed E-state index contributed by atoms with van der Waals surface area (Å²) < 4.78 is 1.42. The van der Waals surface area contributed by atoms with Crippen LogP contribution in [0, 0.1) is 11.3 Å². The minimum absolute atomic E-state index is 0.135. The Hall–Kier alpha value is -1.86. The van der Waals surface area contributed by atoms with Crippen molar-refractivity contribution >= 4 is 11.6 Å². The zero-order chi connectivity index (χ0) is 9.97. The summed E-state index contributed by atoms with van der Waals surface area (Å²) in [5, 5.41) is 16.3. The molecule has 0 atom stereocenters. The molecule has 0 amide bonds. The van der Waals surface area contributed by atoms with Crippen molar-refractivity contribution in [1.29, 1.82) is 5.26 Å². The van der Waals surface area contributed by atoms with E-state index in [2.05, 4.69) is 10.3 Å². The topological polar surface area (TPSA) is 54.5 Å². The summed E-state index contributed by atoms with van der Waals surface area (Å²) in [6.45, 7) is 0. The Balaban J connectivity index is 2.54. The van der Waals surface area contributed by atoms with E-state index in [9.17, 15) is 0 Å². The van der Waals surface area contributed by atoms with Crippen molar-refractivity contribution < 1.29 is 0 Å². The SMILES string of the molecule is N#Cc1nnn(-c2ccccc2)c1Cl. The molecule has 4 nitrogen and oxygen atoms in total. The highest BCUT2D eigenvalue weighted by atomic mass is 35.5. The first-order chi connectivity index (χ1) is 6.83. The van der Waals surface area contributed by atoms with Gasteiger partial charge in [0.1, 0.15) is 6.07 Å². The van der Waals surface area contributed by atoms with Gasteiger partial charge in [-0.3, -0.25) is 0 Å². The summed E-state index contributed by atoms with van der Waals surface area (Å²) in [7, 11) is 0. The lowest BCUT2D eigenvalue weighted by molar-refractivity contribution is 0.803. The van der Waals surface area contributed by atoms with Crippen LogP contribution in [0.4, 0.5) is 0 Å². The molecule has 5 heteroatoms. The molecule has 0 aliphatic carbocycles. The number of nitrogens with zero attached hydrogens (tertiary/aromatic N) is 4. The Morgan fingerprint density at radius 1 is 1.29 bits per heavy atom. The van der Waals surface area contributed by atoms with Gasteiger partial charge in [-0.15, -0.1) is 5.10 Å².